The molecule has 0 aromatic heterocycles. The van der Waals surface area contributed by atoms with Gasteiger partial charge in [0.25, 0.3) is 0 Å². The Kier molecular flexibility index (Phi) is 9.37. The molecule has 0 aromatic rings. The highest BCUT2D eigenvalue weighted by Crippen LogP contribution is 2.23. The molecule has 0 spiro atoms. The third-order valence-corrected chi connectivity index (χ3v) is 3.15. The molecular formula is C21H37NO7. The van der Waals surface area contributed by atoms with E-state index in [2.05, 4.69) is 6.58 Å². The number of imide groups is 1. The molecule has 0 rings (SSSR count). The van der Waals surface area contributed by atoms with Gasteiger partial charge < -0.3 is 18.9 Å². The Balaban J connectivity index is 6.18. The summed E-state index contributed by atoms with van der Waals surface area (Å²) in [5.74, 6) is -0.861. The van der Waals surface area contributed by atoms with E-state index >= 15 is 0 Å². The summed E-state index contributed by atoms with van der Waals surface area (Å²) in [5, 5.41) is 0. The van der Waals surface area contributed by atoms with E-state index in [1.807, 2.05) is 20.8 Å². The molecule has 0 fully saturated rings. The van der Waals surface area contributed by atoms with Gasteiger partial charge in [0, 0.05) is 0 Å². The predicted octanol–water partition coefficient (Wildman–Crippen LogP) is 4.32. The van der Waals surface area contributed by atoms with Gasteiger partial charge in [0.1, 0.15) is 17.3 Å². The molecular weight excluding hydrogens is 378 g/mol. The van der Waals surface area contributed by atoms with E-state index in [0.717, 1.165) is 7.11 Å². The van der Waals surface area contributed by atoms with Crippen LogP contribution in [-0.4, -0.2) is 60.1 Å². The van der Waals surface area contributed by atoms with Crippen LogP contribution < -0.4 is 0 Å². The van der Waals surface area contributed by atoms with Gasteiger partial charge in [-0.3, -0.25) is 0 Å². The second-order valence-corrected chi connectivity index (χ2v) is 9.87. The summed E-state index contributed by atoms with van der Waals surface area (Å²) in [6.45, 7) is 19.6. The lowest BCUT2D eigenvalue weighted by Crippen LogP contribution is -2.57. The van der Waals surface area contributed by atoms with E-state index < -0.39 is 41.5 Å². The summed E-state index contributed by atoms with van der Waals surface area (Å²) in [7, 11) is 1.15. The van der Waals surface area contributed by atoms with Crippen LogP contribution in [0.1, 0.15) is 62.3 Å². The molecule has 0 saturated carbocycles. The molecule has 0 bridgehead atoms. The molecule has 0 radical (unpaired) electrons. The third-order valence-electron chi connectivity index (χ3n) is 3.15. The van der Waals surface area contributed by atoms with Crippen LogP contribution in [-0.2, 0) is 23.7 Å². The third kappa shape index (κ3) is 10.3. The Hall–Kier alpha value is -2.09. The Morgan fingerprint density at radius 1 is 0.897 bits per heavy atom. The molecule has 0 aliphatic carbocycles. The van der Waals surface area contributed by atoms with E-state index in [1.54, 1.807) is 41.5 Å². The topological polar surface area (TPSA) is 91.4 Å². The van der Waals surface area contributed by atoms with Gasteiger partial charge in [0.2, 0.25) is 0 Å². The number of esters is 1. The van der Waals surface area contributed by atoms with Gasteiger partial charge in [-0.2, -0.15) is 4.90 Å². The molecule has 8 nitrogen and oxygen atoms in total. The molecule has 0 aliphatic rings. The normalized spacial score (nSPS) is 14.4. The molecule has 2 amide bonds. The first-order valence-corrected chi connectivity index (χ1v) is 9.49. The number of carbonyl (C=O) groups is 3. The van der Waals surface area contributed by atoms with Crippen LogP contribution in [0.4, 0.5) is 9.59 Å². The van der Waals surface area contributed by atoms with Gasteiger partial charge in [0.15, 0.2) is 6.04 Å². The maximum absolute atomic E-state index is 12.9. The first-order chi connectivity index (χ1) is 12.9. The van der Waals surface area contributed by atoms with Crippen molar-refractivity contribution in [1.82, 2.24) is 4.90 Å². The summed E-state index contributed by atoms with van der Waals surface area (Å²) in [6.07, 6.45) is -1.78. The highest BCUT2D eigenvalue weighted by atomic mass is 16.6. The zero-order valence-electron chi connectivity index (χ0n) is 19.5. The molecule has 29 heavy (non-hydrogen) atoms. The Morgan fingerprint density at radius 3 is 1.59 bits per heavy atom. The van der Waals surface area contributed by atoms with Gasteiger partial charge in [-0.1, -0.05) is 26.8 Å². The standard InChI is InChI=1S/C21H37NO7/c1-12-14(27-13-19(2,3)4)15(16(23)26-11)22(17(24)28-20(5,6)7)18(25)29-21(8,9)10/h12,14-15H,1,13H2,2-11H3/t14-,15+/m0/s1. The second-order valence-electron chi connectivity index (χ2n) is 9.87. The van der Waals surface area contributed by atoms with Crippen molar-refractivity contribution < 1.29 is 33.3 Å². The van der Waals surface area contributed by atoms with E-state index in [0.29, 0.717) is 4.90 Å². The molecule has 0 heterocycles. The zero-order chi connectivity index (χ0) is 23.2. The number of methoxy groups -OCH3 is 1. The SMILES string of the molecule is C=C[C@H](OCC(C)(C)C)[C@H](C(=O)OC)N(C(=O)OC(C)(C)C)C(=O)OC(C)(C)C. The minimum absolute atomic E-state index is 0.232. The van der Waals surface area contributed by atoms with Crippen LogP contribution in [0, 0.1) is 5.41 Å². The van der Waals surface area contributed by atoms with Crippen molar-refractivity contribution in [2.75, 3.05) is 13.7 Å². The van der Waals surface area contributed by atoms with Gasteiger partial charge in [-0.15, -0.1) is 6.58 Å². The molecule has 0 N–H and O–H groups in total. The Bertz CT molecular complexity index is 566. The van der Waals surface area contributed by atoms with Crippen molar-refractivity contribution in [2.24, 2.45) is 5.41 Å². The first kappa shape index (κ1) is 26.9. The lowest BCUT2D eigenvalue weighted by atomic mass is 9.98. The quantitative estimate of drug-likeness (QED) is 0.362. The fourth-order valence-electron chi connectivity index (χ4n) is 2.07. The largest absolute Gasteiger partial charge is 0.467 e. The summed E-state index contributed by atoms with van der Waals surface area (Å²) < 4.78 is 21.3. The molecule has 168 valence electrons. The van der Waals surface area contributed by atoms with E-state index in [1.165, 1.54) is 6.08 Å². The lowest BCUT2D eigenvalue weighted by Gasteiger charge is -2.35. The minimum Gasteiger partial charge on any atom is -0.467 e. The van der Waals surface area contributed by atoms with E-state index in [9.17, 15) is 14.4 Å². The van der Waals surface area contributed by atoms with Crippen LogP contribution >= 0.6 is 0 Å². The van der Waals surface area contributed by atoms with Gasteiger partial charge in [0.05, 0.1) is 13.7 Å². The van der Waals surface area contributed by atoms with Crippen molar-refractivity contribution in [1.29, 1.82) is 0 Å². The highest BCUT2D eigenvalue weighted by molar-refractivity contribution is 5.94. The number of hydrogen-bond acceptors (Lipinski definition) is 7. The molecule has 0 aromatic carbocycles. The average Bonchev–Trinajstić information content (AvgIpc) is 2.48. The number of nitrogens with zero attached hydrogens (tertiary/aromatic N) is 1. The first-order valence-electron chi connectivity index (χ1n) is 9.49. The summed E-state index contributed by atoms with van der Waals surface area (Å²) in [4.78, 5) is 39.0. The Labute approximate surface area is 174 Å². The molecule has 0 saturated heterocycles. The Morgan fingerprint density at radius 2 is 1.31 bits per heavy atom. The zero-order valence-corrected chi connectivity index (χ0v) is 19.5. The predicted molar refractivity (Wildman–Crippen MR) is 110 cm³/mol. The van der Waals surface area contributed by atoms with Crippen LogP contribution in [0.15, 0.2) is 12.7 Å². The number of rotatable bonds is 6. The number of amides is 2. The van der Waals surface area contributed by atoms with Crippen molar-refractivity contribution >= 4 is 18.2 Å². The van der Waals surface area contributed by atoms with Crippen LogP contribution in [0.2, 0.25) is 0 Å². The summed E-state index contributed by atoms with van der Waals surface area (Å²) >= 11 is 0. The van der Waals surface area contributed by atoms with Crippen LogP contribution in [0.25, 0.3) is 0 Å². The lowest BCUT2D eigenvalue weighted by molar-refractivity contribution is -0.152. The van der Waals surface area contributed by atoms with Crippen molar-refractivity contribution in [2.45, 2.75) is 85.7 Å². The van der Waals surface area contributed by atoms with Crippen LogP contribution in [0.5, 0.6) is 0 Å². The van der Waals surface area contributed by atoms with Gasteiger partial charge in [-0.25, -0.2) is 14.4 Å². The van der Waals surface area contributed by atoms with Crippen molar-refractivity contribution in [3.63, 3.8) is 0 Å². The maximum atomic E-state index is 12.9. The average molecular weight is 416 g/mol. The molecule has 8 heteroatoms. The molecule has 0 aliphatic heterocycles. The van der Waals surface area contributed by atoms with Crippen molar-refractivity contribution in [3.8, 4) is 0 Å². The van der Waals surface area contributed by atoms with E-state index in [4.69, 9.17) is 18.9 Å². The fourth-order valence-corrected chi connectivity index (χ4v) is 2.07. The molecule has 2 atom stereocenters. The highest BCUT2D eigenvalue weighted by Gasteiger charge is 2.45. The summed E-state index contributed by atoms with van der Waals surface area (Å²) in [5.41, 5.74) is -2.05. The monoisotopic (exact) mass is 415 g/mol. The fraction of sp³-hybridized carbons (Fsp3) is 0.762. The minimum atomic E-state index is -1.47. The van der Waals surface area contributed by atoms with Crippen molar-refractivity contribution in [3.05, 3.63) is 12.7 Å². The van der Waals surface area contributed by atoms with Crippen LogP contribution in [0.3, 0.4) is 0 Å². The summed E-state index contributed by atoms with van der Waals surface area (Å²) in [6, 6.07) is -1.47. The van der Waals surface area contributed by atoms with E-state index in [-0.39, 0.29) is 12.0 Å². The molecule has 0 unspecified atom stereocenters. The number of hydrogen-bond donors (Lipinski definition) is 0. The number of carbonyl (C=O) groups excluding carboxylic acids is 3. The number of ether oxygens (including phenoxy) is 4. The van der Waals surface area contributed by atoms with Gasteiger partial charge in [-0.05, 0) is 47.0 Å². The smallest absolute Gasteiger partial charge is 0.420 e. The second kappa shape index (κ2) is 10.1. The maximum Gasteiger partial charge on any atom is 0.420 e. The van der Waals surface area contributed by atoms with Gasteiger partial charge >= 0.3 is 18.2 Å².